The van der Waals surface area contributed by atoms with Gasteiger partial charge in [-0.1, -0.05) is 22.9 Å². The van der Waals surface area contributed by atoms with Gasteiger partial charge in [-0.15, -0.1) is 0 Å². The number of carbonyl (C=O) groups is 1. The highest BCUT2D eigenvalue weighted by molar-refractivity contribution is 7.22. The van der Waals surface area contributed by atoms with Crippen molar-refractivity contribution in [3.63, 3.8) is 0 Å². The van der Waals surface area contributed by atoms with Gasteiger partial charge in [-0.3, -0.25) is 0 Å². The van der Waals surface area contributed by atoms with Crippen LogP contribution in [0.1, 0.15) is 10.4 Å². The number of nitrogens with two attached hydrogens (primary N) is 1. The molecule has 0 aliphatic heterocycles. The lowest BCUT2D eigenvalue weighted by Gasteiger charge is -2.07. The maximum absolute atomic E-state index is 11.2. The van der Waals surface area contributed by atoms with Crippen molar-refractivity contribution in [3.05, 3.63) is 47.0 Å². The highest BCUT2D eigenvalue weighted by Crippen LogP contribution is 2.31. The van der Waals surface area contributed by atoms with Gasteiger partial charge in [0.15, 0.2) is 5.13 Å². The van der Waals surface area contributed by atoms with Crippen molar-refractivity contribution in [2.24, 2.45) is 0 Å². The Morgan fingerprint density at radius 2 is 2.10 bits per heavy atom. The molecule has 1 heterocycles. The van der Waals surface area contributed by atoms with E-state index in [4.69, 9.17) is 17.3 Å². The molecule has 3 aromatic rings. The average molecular weight is 320 g/mol. The summed E-state index contributed by atoms with van der Waals surface area (Å²) < 4.78 is 0.922. The molecule has 0 unspecified atom stereocenters. The first-order valence-electron chi connectivity index (χ1n) is 5.99. The third-order valence-electron chi connectivity index (χ3n) is 2.87. The van der Waals surface area contributed by atoms with Crippen LogP contribution in [0.25, 0.3) is 10.2 Å². The minimum Gasteiger partial charge on any atom is -0.478 e. The maximum atomic E-state index is 11.2. The van der Waals surface area contributed by atoms with Crippen LogP contribution < -0.4 is 11.1 Å². The zero-order chi connectivity index (χ0) is 15.0. The molecular formula is C14H10ClN3O2S. The van der Waals surface area contributed by atoms with Crippen LogP contribution in [0.5, 0.6) is 0 Å². The van der Waals surface area contributed by atoms with Crippen molar-refractivity contribution < 1.29 is 9.90 Å². The highest BCUT2D eigenvalue weighted by atomic mass is 35.5. The summed E-state index contributed by atoms with van der Waals surface area (Å²) in [6, 6.07) is 9.98. The molecule has 0 saturated carbocycles. The number of carboxylic acid groups (broad SMARTS) is 1. The monoisotopic (exact) mass is 319 g/mol. The Morgan fingerprint density at radius 1 is 1.29 bits per heavy atom. The first kappa shape index (κ1) is 13.7. The van der Waals surface area contributed by atoms with Gasteiger partial charge in [0, 0.05) is 10.7 Å². The summed E-state index contributed by atoms with van der Waals surface area (Å²) in [5.74, 6) is -1.03. The molecule has 0 fully saturated rings. The quantitative estimate of drug-likeness (QED) is 0.636. The summed E-state index contributed by atoms with van der Waals surface area (Å²) in [5, 5.41) is 13.4. The summed E-state index contributed by atoms with van der Waals surface area (Å²) in [5.41, 5.74) is 7.54. The Hall–Kier alpha value is -2.31. The molecular weight excluding hydrogens is 310 g/mol. The number of fused-ring (bicyclic) bond motifs is 1. The summed E-state index contributed by atoms with van der Waals surface area (Å²) in [7, 11) is 0. The molecule has 21 heavy (non-hydrogen) atoms. The lowest BCUT2D eigenvalue weighted by atomic mass is 10.1. The molecule has 3 rings (SSSR count). The number of hydrogen-bond acceptors (Lipinski definition) is 5. The molecule has 5 nitrogen and oxygen atoms in total. The summed E-state index contributed by atoms with van der Waals surface area (Å²) in [6.07, 6.45) is 0. The number of anilines is 3. The fourth-order valence-electron chi connectivity index (χ4n) is 1.92. The third-order valence-corrected chi connectivity index (χ3v) is 4.03. The largest absolute Gasteiger partial charge is 0.478 e. The van der Waals surface area contributed by atoms with Crippen molar-refractivity contribution in [1.29, 1.82) is 0 Å². The Kier molecular flexibility index (Phi) is 3.40. The Balaban J connectivity index is 2.02. The molecule has 0 saturated heterocycles. The minimum absolute atomic E-state index is 0.140. The van der Waals surface area contributed by atoms with E-state index in [-0.39, 0.29) is 5.56 Å². The van der Waals surface area contributed by atoms with Gasteiger partial charge in [-0.25, -0.2) is 9.78 Å². The molecule has 0 atom stereocenters. The summed E-state index contributed by atoms with van der Waals surface area (Å²) >= 11 is 7.33. The second-order valence-corrected chi connectivity index (χ2v) is 5.83. The molecule has 106 valence electrons. The topological polar surface area (TPSA) is 88.2 Å². The van der Waals surface area contributed by atoms with E-state index in [1.807, 2.05) is 12.1 Å². The van der Waals surface area contributed by atoms with Gasteiger partial charge in [0.05, 0.1) is 21.5 Å². The van der Waals surface area contributed by atoms with Crippen LogP contribution in [0.3, 0.4) is 0 Å². The number of hydrogen-bond donors (Lipinski definition) is 3. The van der Waals surface area contributed by atoms with Gasteiger partial charge >= 0.3 is 5.97 Å². The van der Waals surface area contributed by atoms with Crippen molar-refractivity contribution in [2.75, 3.05) is 11.1 Å². The number of aromatic carboxylic acids is 1. The zero-order valence-corrected chi connectivity index (χ0v) is 12.2. The number of carboxylic acids is 1. The van der Waals surface area contributed by atoms with Crippen LogP contribution in [0.4, 0.5) is 16.5 Å². The summed E-state index contributed by atoms with van der Waals surface area (Å²) in [6.45, 7) is 0. The summed E-state index contributed by atoms with van der Waals surface area (Å²) in [4.78, 5) is 15.6. The first-order chi connectivity index (χ1) is 10.0. The average Bonchev–Trinajstić information content (AvgIpc) is 2.79. The second-order valence-electron chi connectivity index (χ2n) is 4.37. The third kappa shape index (κ3) is 2.76. The lowest BCUT2D eigenvalue weighted by Crippen LogP contribution is -2.03. The normalized spacial score (nSPS) is 10.7. The molecule has 7 heteroatoms. The molecule has 4 N–H and O–H groups in total. The van der Waals surface area contributed by atoms with E-state index in [0.29, 0.717) is 21.5 Å². The van der Waals surface area contributed by atoms with Crippen molar-refractivity contribution in [2.45, 2.75) is 0 Å². The van der Waals surface area contributed by atoms with E-state index in [2.05, 4.69) is 10.3 Å². The van der Waals surface area contributed by atoms with Crippen LogP contribution in [0, 0.1) is 0 Å². The van der Waals surface area contributed by atoms with Crippen LogP contribution in [-0.4, -0.2) is 16.1 Å². The first-order valence-corrected chi connectivity index (χ1v) is 7.18. The number of benzene rings is 2. The van der Waals surface area contributed by atoms with E-state index < -0.39 is 5.97 Å². The molecule has 0 bridgehead atoms. The van der Waals surface area contributed by atoms with Crippen LogP contribution in [0.2, 0.25) is 5.02 Å². The van der Waals surface area contributed by atoms with Crippen LogP contribution in [-0.2, 0) is 0 Å². The second kappa shape index (κ2) is 5.23. The van der Waals surface area contributed by atoms with Gasteiger partial charge in [0.1, 0.15) is 0 Å². The fraction of sp³-hybridized carbons (Fsp3) is 0. The van der Waals surface area contributed by atoms with E-state index in [1.54, 1.807) is 18.2 Å². The molecule has 1 aromatic heterocycles. The van der Waals surface area contributed by atoms with E-state index in [0.717, 1.165) is 10.2 Å². The highest BCUT2D eigenvalue weighted by Gasteiger charge is 2.12. The fourth-order valence-corrected chi connectivity index (χ4v) is 3.07. The molecule has 0 radical (unpaired) electrons. The standard InChI is InChI=1S/C14H10ClN3O2S/c15-7-1-4-10-12(5-7)21-14(17-10)18-11-6-8(16)2-3-9(11)13(19)20/h1-6H,16H2,(H,17,18)(H,19,20). The molecule has 0 spiro atoms. The van der Waals surface area contributed by atoms with Gasteiger partial charge in [0.2, 0.25) is 0 Å². The Morgan fingerprint density at radius 3 is 2.86 bits per heavy atom. The Labute approximate surface area is 129 Å². The van der Waals surface area contributed by atoms with Crippen molar-refractivity contribution in [3.8, 4) is 0 Å². The van der Waals surface area contributed by atoms with Crippen molar-refractivity contribution in [1.82, 2.24) is 4.98 Å². The van der Waals surface area contributed by atoms with Gasteiger partial charge in [-0.2, -0.15) is 0 Å². The number of rotatable bonds is 3. The van der Waals surface area contributed by atoms with Crippen LogP contribution >= 0.6 is 22.9 Å². The van der Waals surface area contributed by atoms with E-state index >= 15 is 0 Å². The molecule has 0 aliphatic rings. The zero-order valence-electron chi connectivity index (χ0n) is 10.6. The number of nitrogens with one attached hydrogen (secondary N) is 1. The van der Waals surface area contributed by atoms with Crippen molar-refractivity contribution >= 4 is 55.6 Å². The number of nitrogen functional groups attached to an aromatic ring is 1. The van der Waals surface area contributed by atoms with Crippen LogP contribution in [0.15, 0.2) is 36.4 Å². The number of nitrogens with zero attached hydrogens (tertiary/aromatic N) is 1. The minimum atomic E-state index is -1.03. The smallest absolute Gasteiger partial charge is 0.337 e. The molecule has 0 amide bonds. The number of halogens is 1. The van der Waals surface area contributed by atoms with Gasteiger partial charge in [0.25, 0.3) is 0 Å². The number of thiazole rings is 1. The predicted molar refractivity (Wildman–Crippen MR) is 85.7 cm³/mol. The van der Waals surface area contributed by atoms with Gasteiger partial charge in [-0.05, 0) is 36.4 Å². The molecule has 0 aliphatic carbocycles. The maximum Gasteiger partial charge on any atom is 0.337 e. The molecule has 2 aromatic carbocycles. The van der Waals surface area contributed by atoms with E-state index in [9.17, 15) is 9.90 Å². The van der Waals surface area contributed by atoms with E-state index in [1.165, 1.54) is 17.4 Å². The number of aromatic nitrogens is 1. The Bertz CT molecular complexity index is 847. The lowest BCUT2D eigenvalue weighted by molar-refractivity contribution is 0.0698. The predicted octanol–water partition coefficient (Wildman–Crippen LogP) is 3.97. The van der Waals surface area contributed by atoms with Gasteiger partial charge < -0.3 is 16.2 Å². The SMILES string of the molecule is Nc1ccc(C(=O)O)c(Nc2nc3ccc(Cl)cc3s2)c1.